The number of nitrogens with one attached hydrogen (secondary N) is 2. The molecule has 0 unspecified atom stereocenters. The number of amides is 2. The molecule has 1 heterocycles. The molecule has 0 radical (unpaired) electrons. The highest BCUT2D eigenvalue weighted by Gasteiger charge is 2.11. The molecule has 1 aromatic rings. The first-order valence-electron chi connectivity index (χ1n) is 11.2. The second kappa shape index (κ2) is 16.1. The number of pyridine rings is 1. The molecule has 0 fully saturated rings. The molecule has 5 nitrogen and oxygen atoms in total. The van der Waals surface area contributed by atoms with Crippen LogP contribution in [0.5, 0.6) is 0 Å². The smallest absolute Gasteiger partial charge is 0.269 e. The number of rotatable bonds is 16. The zero-order valence-corrected chi connectivity index (χ0v) is 17.9. The Hall–Kier alpha value is -1.91. The molecule has 1 aromatic heterocycles. The van der Waals surface area contributed by atoms with Gasteiger partial charge in [0, 0.05) is 13.1 Å². The number of hydrogen-bond donors (Lipinski definition) is 2. The van der Waals surface area contributed by atoms with E-state index in [1.165, 1.54) is 51.4 Å². The number of unbranched alkanes of at least 4 members (excludes halogenated alkanes) is 10. The van der Waals surface area contributed by atoms with Gasteiger partial charge in [0.2, 0.25) is 0 Å². The van der Waals surface area contributed by atoms with Gasteiger partial charge in [-0.1, -0.05) is 84.1 Å². The lowest BCUT2D eigenvalue weighted by Crippen LogP contribution is -2.28. The van der Waals surface area contributed by atoms with Gasteiger partial charge >= 0.3 is 0 Å². The van der Waals surface area contributed by atoms with Crippen LogP contribution in [0.2, 0.25) is 0 Å². The van der Waals surface area contributed by atoms with E-state index in [1.54, 1.807) is 18.2 Å². The van der Waals surface area contributed by atoms with Crippen LogP contribution in [0.25, 0.3) is 0 Å². The van der Waals surface area contributed by atoms with E-state index in [2.05, 4.69) is 29.5 Å². The Morgan fingerprint density at radius 3 is 1.50 bits per heavy atom. The molecule has 5 heteroatoms. The van der Waals surface area contributed by atoms with Crippen LogP contribution >= 0.6 is 0 Å². The van der Waals surface area contributed by atoms with Crippen LogP contribution in [0.15, 0.2) is 18.2 Å². The minimum atomic E-state index is -0.209. The molecule has 0 saturated heterocycles. The van der Waals surface area contributed by atoms with Crippen LogP contribution in [0.1, 0.15) is 112 Å². The molecule has 0 atom stereocenters. The predicted octanol–water partition coefficient (Wildman–Crippen LogP) is 5.26. The van der Waals surface area contributed by atoms with Crippen molar-refractivity contribution in [2.24, 2.45) is 0 Å². The van der Waals surface area contributed by atoms with Crippen LogP contribution in [-0.4, -0.2) is 29.9 Å². The number of carbonyl (C=O) groups excluding carboxylic acids is 2. The Bertz CT molecular complexity index is 515. The molecule has 0 aliphatic carbocycles. The van der Waals surface area contributed by atoms with Crippen molar-refractivity contribution in [3.05, 3.63) is 29.6 Å². The van der Waals surface area contributed by atoms with Crippen molar-refractivity contribution in [2.45, 2.75) is 90.9 Å². The summed E-state index contributed by atoms with van der Waals surface area (Å²) in [5.41, 5.74) is 0.608. The van der Waals surface area contributed by atoms with Crippen molar-refractivity contribution in [3.63, 3.8) is 0 Å². The van der Waals surface area contributed by atoms with E-state index in [0.29, 0.717) is 24.5 Å². The van der Waals surface area contributed by atoms with Crippen LogP contribution in [0, 0.1) is 0 Å². The van der Waals surface area contributed by atoms with Crippen LogP contribution in [-0.2, 0) is 0 Å². The summed E-state index contributed by atoms with van der Waals surface area (Å²) < 4.78 is 0. The molecule has 2 N–H and O–H groups in total. The number of hydrogen-bond acceptors (Lipinski definition) is 3. The Morgan fingerprint density at radius 1 is 0.679 bits per heavy atom. The zero-order valence-electron chi connectivity index (χ0n) is 17.9. The van der Waals surface area contributed by atoms with E-state index >= 15 is 0 Å². The van der Waals surface area contributed by atoms with Gasteiger partial charge in [-0.3, -0.25) is 9.59 Å². The van der Waals surface area contributed by atoms with E-state index in [9.17, 15) is 9.59 Å². The van der Waals surface area contributed by atoms with E-state index < -0.39 is 0 Å². The van der Waals surface area contributed by atoms with E-state index in [4.69, 9.17) is 0 Å². The van der Waals surface area contributed by atoms with E-state index in [1.807, 2.05) is 0 Å². The highest BCUT2D eigenvalue weighted by atomic mass is 16.2. The average molecular weight is 390 g/mol. The minimum absolute atomic E-state index is 0.209. The largest absolute Gasteiger partial charge is 0.351 e. The van der Waals surface area contributed by atoms with Gasteiger partial charge in [0.15, 0.2) is 0 Å². The second-order valence-electron chi connectivity index (χ2n) is 7.46. The van der Waals surface area contributed by atoms with Crippen molar-refractivity contribution in [1.29, 1.82) is 0 Å². The summed E-state index contributed by atoms with van der Waals surface area (Å²) in [6.45, 7) is 5.72. The quantitative estimate of drug-likeness (QED) is 0.379. The van der Waals surface area contributed by atoms with Crippen LogP contribution in [0.3, 0.4) is 0 Å². The highest BCUT2D eigenvalue weighted by molar-refractivity contribution is 5.96. The van der Waals surface area contributed by atoms with Crippen LogP contribution in [0.4, 0.5) is 0 Å². The van der Waals surface area contributed by atoms with Gasteiger partial charge in [0.1, 0.15) is 11.4 Å². The summed E-state index contributed by atoms with van der Waals surface area (Å²) in [5.74, 6) is -0.418. The van der Waals surface area contributed by atoms with Gasteiger partial charge in [-0.2, -0.15) is 0 Å². The topological polar surface area (TPSA) is 71.1 Å². The fourth-order valence-corrected chi connectivity index (χ4v) is 3.08. The molecule has 2 amide bonds. The summed E-state index contributed by atoms with van der Waals surface area (Å²) in [4.78, 5) is 28.7. The van der Waals surface area contributed by atoms with E-state index in [0.717, 1.165) is 25.7 Å². The molecule has 0 spiro atoms. The van der Waals surface area contributed by atoms with Crippen molar-refractivity contribution < 1.29 is 9.59 Å². The first-order valence-corrected chi connectivity index (χ1v) is 11.2. The van der Waals surface area contributed by atoms with Gasteiger partial charge in [-0.25, -0.2) is 4.98 Å². The summed E-state index contributed by atoms with van der Waals surface area (Å²) in [6.07, 6.45) is 14.2. The Labute approximate surface area is 171 Å². The van der Waals surface area contributed by atoms with Crippen molar-refractivity contribution in [1.82, 2.24) is 15.6 Å². The molecular weight excluding hydrogens is 350 g/mol. The molecule has 0 aliphatic heterocycles. The average Bonchev–Trinajstić information content (AvgIpc) is 2.72. The van der Waals surface area contributed by atoms with Gasteiger partial charge in [-0.15, -0.1) is 0 Å². The summed E-state index contributed by atoms with van der Waals surface area (Å²) in [6, 6.07) is 5.02. The first-order chi connectivity index (χ1) is 13.7. The fourth-order valence-electron chi connectivity index (χ4n) is 3.08. The predicted molar refractivity (Wildman–Crippen MR) is 116 cm³/mol. The maximum absolute atomic E-state index is 12.2. The lowest BCUT2D eigenvalue weighted by atomic mass is 10.1. The number of aromatic nitrogens is 1. The van der Waals surface area contributed by atoms with Gasteiger partial charge < -0.3 is 10.6 Å². The minimum Gasteiger partial charge on any atom is -0.351 e. The zero-order chi connectivity index (χ0) is 20.5. The molecule has 0 bridgehead atoms. The summed E-state index contributed by atoms with van der Waals surface area (Å²) in [7, 11) is 0. The number of nitrogens with zero attached hydrogens (tertiary/aromatic N) is 1. The van der Waals surface area contributed by atoms with Gasteiger partial charge in [0.25, 0.3) is 11.8 Å². The Morgan fingerprint density at radius 2 is 1.07 bits per heavy atom. The van der Waals surface area contributed by atoms with Crippen molar-refractivity contribution in [2.75, 3.05) is 13.1 Å². The monoisotopic (exact) mass is 389 g/mol. The molecule has 0 aromatic carbocycles. The molecule has 1 rings (SSSR count). The second-order valence-corrected chi connectivity index (χ2v) is 7.46. The molecule has 28 heavy (non-hydrogen) atoms. The molecular formula is C23H39N3O2. The van der Waals surface area contributed by atoms with Gasteiger partial charge in [0.05, 0.1) is 0 Å². The van der Waals surface area contributed by atoms with Gasteiger partial charge in [-0.05, 0) is 25.0 Å². The number of carbonyl (C=O) groups is 2. The first kappa shape index (κ1) is 24.1. The third-order valence-electron chi connectivity index (χ3n) is 4.85. The van der Waals surface area contributed by atoms with E-state index in [-0.39, 0.29) is 11.8 Å². The SMILES string of the molecule is CCCCCCCCNC(=O)c1cccc(C(=O)NCCCCCCCC)n1. The highest BCUT2D eigenvalue weighted by Crippen LogP contribution is 2.06. The molecule has 0 saturated carbocycles. The standard InChI is InChI=1S/C23H39N3O2/c1-3-5-7-9-11-13-18-24-22(27)20-16-15-17-21(26-20)23(28)25-19-14-12-10-8-6-4-2/h15-17H,3-14,18-19H2,1-2H3,(H,24,27)(H,25,28). The fraction of sp³-hybridized carbons (Fsp3) is 0.696. The normalized spacial score (nSPS) is 10.6. The van der Waals surface area contributed by atoms with Crippen molar-refractivity contribution in [3.8, 4) is 0 Å². The Balaban J connectivity index is 2.27. The third-order valence-corrected chi connectivity index (χ3v) is 4.85. The van der Waals surface area contributed by atoms with Crippen LogP contribution < -0.4 is 10.6 Å². The maximum atomic E-state index is 12.2. The summed E-state index contributed by atoms with van der Waals surface area (Å²) >= 11 is 0. The third kappa shape index (κ3) is 11.1. The van der Waals surface area contributed by atoms with Crippen molar-refractivity contribution >= 4 is 11.8 Å². The molecule has 0 aliphatic rings. The lowest BCUT2D eigenvalue weighted by molar-refractivity contribution is 0.0943. The Kier molecular flexibility index (Phi) is 13.9. The molecule has 158 valence electrons. The lowest BCUT2D eigenvalue weighted by Gasteiger charge is -2.07. The maximum Gasteiger partial charge on any atom is 0.269 e. The summed E-state index contributed by atoms with van der Waals surface area (Å²) in [5, 5.41) is 5.80.